The summed E-state index contributed by atoms with van der Waals surface area (Å²) >= 11 is 0. The number of nitrogens with one attached hydrogen (secondary N) is 1. The average Bonchev–Trinajstić information content (AvgIpc) is 3.31. The summed E-state index contributed by atoms with van der Waals surface area (Å²) in [6, 6.07) is 0.395. The molecule has 0 aromatic rings. The van der Waals surface area contributed by atoms with Crippen LogP contribution in [0.3, 0.4) is 0 Å². The Bertz CT molecular complexity index is 455. The van der Waals surface area contributed by atoms with Crippen molar-refractivity contribution in [3.8, 4) is 0 Å². The zero-order valence-electron chi connectivity index (χ0n) is 16.4. The molecule has 24 heavy (non-hydrogen) atoms. The molecule has 1 heteroatoms. The van der Waals surface area contributed by atoms with Gasteiger partial charge in [0.15, 0.2) is 0 Å². The van der Waals surface area contributed by atoms with Crippen LogP contribution in [0.4, 0.5) is 0 Å². The molecule has 2 fully saturated rings. The molecule has 4 unspecified atom stereocenters. The van der Waals surface area contributed by atoms with Gasteiger partial charge < -0.3 is 5.32 Å². The minimum atomic E-state index is 0.395. The highest BCUT2D eigenvalue weighted by molar-refractivity contribution is 5.17. The van der Waals surface area contributed by atoms with E-state index in [9.17, 15) is 0 Å². The highest BCUT2D eigenvalue weighted by Crippen LogP contribution is 2.50. The zero-order valence-corrected chi connectivity index (χ0v) is 16.4. The maximum absolute atomic E-state index is 4.51. The summed E-state index contributed by atoms with van der Waals surface area (Å²) in [6.07, 6.45) is 12.1. The van der Waals surface area contributed by atoms with Gasteiger partial charge in [0.05, 0.1) is 0 Å². The van der Waals surface area contributed by atoms with E-state index in [1.54, 1.807) is 0 Å². The van der Waals surface area contributed by atoms with Crippen molar-refractivity contribution in [1.29, 1.82) is 0 Å². The summed E-state index contributed by atoms with van der Waals surface area (Å²) in [6.45, 7) is 19.5. The number of hydrogen-bond acceptors (Lipinski definition) is 1. The zero-order chi connectivity index (χ0) is 17.7. The van der Waals surface area contributed by atoms with Crippen LogP contribution < -0.4 is 5.32 Å². The Labute approximate surface area is 150 Å². The molecule has 0 radical (unpaired) electrons. The van der Waals surface area contributed by atoms with Crippen LogP contribution >= 0.6 is 0 Å². The van der Waals surface area contributed by atoms with E-state index in [1.807, 2.05) is 0 Å². The van der Waals surface area contributed by atoms with E-state index in [-0.39, 0.29) is 0 Å². The normalized spacial score (nSPS) is 26.5. The number of hydrogen-bond donors (Lipinski definition) is 1. The second-order valence-corrected chi connectivity index (χ2v) is 8.60. The lowest BCUT2D eigenvalue weighted by Crippen LogP contribution is -2.32. The fourth-order valence-electron chi connectivity index (χ4n) is 4.73. The molecule has 0 bridgehead atoms. The van der Waals surface area contributed by atoms with Crippen molar-refractivity contribution >= 4 is 0 Å². The van der Waals surface area contributed by atoms with E-state index < -0.39 is 0 Å². The van der Waals surface area contributed by atoms with Crippen LogP contribution in [0.1, 0.15) is 78.6 Å². The van der Waals surface area contributed by atoms with Gasteiger partial charge in [-0.25, -0.2) is 0 Å². The number of rotatable bonds is 10. The molecule has 136 valence electrons. The molecule has 0 heterocycles. The Hall–Kier alpha value is -0.980. The Kier molecular flexibility index (Phi) is 7.19. The molecule has 2 aliphatic rings. The molecule has 0 aliphatic heterocycles. The third kappa shape index (κ3) is 5.53. The van der Waals surface area contributed by atoms with Gasteiger partial charge in [-0.3, -0.25) is 0 Å². The molecule has 0 aromatic carbocycles. The minimum absolute atomic E-state index is 0.395. The van der Waals surface area contributed by atoms with E-state index >= 15 is 0 Å². The highest BCUT2D eigenvalue weighted by Gasteiger charge is 2.42. The fourth-order valence-corrected chi connectivity index (χ4v) is 4.73. The monoisotopic (exact) mass is 329 g/mol. The predicted octanol–water partition coefficient (Wildman–Crippen LogP) is 6.63. The molecule has 0 saturated heterocycles. The standard InChI is InChI=1S/C23H39N/c1-7-20-15-22(20)21(16(2)3)13-18(6)23(24-17(4)5)14-19-11-9-8-10-12-19/h19-24H,2,4,6-15H2,1,3,5H3. The molecule has 2 rings (SSSR count). The third-order valence-electron chi connectivity index (χ3n) is 6.34. The minimum Gasteiger partial charge on any atom is -0.383 e. The average molecular weight is 330 g/mol. The van der Waals surface area contributed by atoms with Crippen molar-refractivity contribution in [2.24, 2.45) is 23.7 Å². The lowest BCUT2D eigenvalue weighted by atomic mass is 9.80. The largest absolute Gasteiger partial charge is 0.383 e. The lowest BCUT2D eigenvalue weighted by molar-refractivity contribution is 0.312. The number of allylic oxidation sites excluding steroid dienone is 2. The smallest absolute Gasteiger partial charge is 0.0470 e. The first-order valence-corrected chi connectivity index (χ1v) is 10.2. The van der Waals surface area contributed by atoms with Crippen LogP contribution in [-0.2, 0) is 0 Å². The van der Waals surface area contributed by atoms with Crippen LogP contribution in [0.5, 0.6) is 0 Å². The van der Waals surface area contributed by atoms with Gasteiger partial charge in [-0.15, -0.1) is 0 Å². The first-order chi connectivity index (χ1) is 11.4. The molecule has 2 saturated carbocycles. The van der Waals surface area contributed by atoms with E-state index in [1.165, 1.54) is 62.5 Å². The molecule has 0 aromatic heterocycles. The molecule has 0 amide bonds. The van der Waals surface area contributed by atoms with Gasteiger partial charge in [-0.1, -0.05) is 76.3 Å². The van der Waals surface area contributed by atoms with Crippen molar-refractivity contribution in [3.05, 3.63) is 36.6 Å². The van der Waals surface area contributed by atoms with Crippen molar-refractivity contribution in [2.75, 3.05) is 0 Å². The quantitative estimate of drug-likeness (QED) is 0.443. The molecule has 2 aliphatic carbocycles. The Morgan fingerprint density at radius 2 is 1.75 bits per heavy atom. The SMILES string of the molecule is C=C(C)NC(CC1CCCCC1)C(=C)CC(C(=C)C)C1CC1CC. The van der Waals surface area contributed by atoms with E-state index in [2.05, 4.69) is 45.8 Å². The van der Waals surface area contributed by atoms with Crippen molar-refractivity contribution in [1.82, 2.24) is 5.32 Å². The van der Waals surface area contributed by atoms with Crippen LogP contribution in [0.25, 0.3) is 0 Å². The third-order valence-corrected chi connectivity index (χ3v) is 6.34. The van der Waals surface area contributed by atoms with Gasteiger partial charge in [0.25, 0.3) is 0 Å². The summed E-state index contributed by atoms with van der Waals surface area (Å²) in [5, 5.41) is 3.63. The van der Waals surface area contributed by atoms with Crippen molar-refractivity contribution < 1.29 is 0 Å². The van der Waals surface area contributed by atoms with Gasteiger partial charge in [-0.05, 0) is 56.8 Å². The molecule has 4 atom stereocenters. The molecular weight excluding hydrogens is 290 g/mol. The van der Waals surface area contributed by atoms with E-state index in [0.717, 1.165) is 29.9 Å². The Morgan fingerprint density at radius 3 is 2.25 bits per heavy atom. The molecule has 0 spiro atoms. The summed E-state index contributed by atoms with van der Waals surface area (Å²) in [5.74, 6) is 3.26. The van der Waals surface area contributed by atoms with Gasteiger partial charge >= 0.3 is 0 Å². The second kappa shape index (κ2) is 8.92. The first kappa shape index (κ1) is 19.3. The maximum atomic E-state index is 4.51. The summed E-state index contributed by atoms with van der Waals surface area (Å²) < 4.78 is 0. The van der Waals surface area contributed by atoms with Gasteiger partial charge in [-0.2, -0.15) is 0 Å². The summed E-state index contributed by atoms with van der Waals surface area (Å²) in [7, 11) is 0. The van der Waals surface area contributed by atoms with Crippen LogP contribution in [0, 0.1) is 23.7 Å². The summed E-state index contributed by atoms with van der Waals surface area (Å²) in [4.78, 5) is 0. The van der Waals surface area contributed by atoms with Gasteiger partial charge in [0.1, 0.15) is 0 Å². The molecular formula is C23H39N. The van der Waals surface area contributed by atoms with Gasteiger partial charge in [0.2, 0.25) is 0 Å². The predicted molar refractivity (Wildman–Crippen MR) is 107 cm³/mol. The Morgan fingerprint density at radius 1 is 1.08 bits per heavy atom. The molecule has 1 N–H and O–H groups in total. The van der Waals surface area contributed by atoms with Crippen LogP contribution in [0.2, 0.25) is 0 Å². The molecule has 1 nitrogen and oxygen atoms in total. The summed E-state index contributed by atoms with van der Waals surface area (Å²) in [5.41, 5.74) is 3.80. The maximum Gasteiger partial charge on any atom is 0.0470 e. The fraction of sp³-hybridized carbons (Fsp3) is 0.739. The van der Waals surface area contributed by atoms with Crippen LogP contribution in [0.15, 0.2) is 36.6 Å². The van der Waals surface area contributed by atoms with E-state index in [0.29, 0.717) is 12.0 Å². The van der Waals surface area contributed by atoms with Crippen molar-refractivity contribution in [3.63, 3.8) is 0 Å². The Balaban J connectivity index is 1.97. The van der Waals surface area contributed by atoms with Gasteiger partial charge in [0, 0.05) is 11.7 Å². The highest BCUT2D eigenvalue weighted by atomic mass is 14.9. The van der Waals surface area contributed by atoms with Crippen LogP contribution in [-0.4, -0.2) is 6.04 Å². The lowest BCUT2D eigenvalue weighted by Gasteiger charge is -2.31. The topological polar surface area (TPSA) is 12.0 Å². The van der Waals surface area contributed by atoms with Crippen molar-refractivity contribution in [2.45, 2.75) is 84.6 Å². The van der Waals surface area contributed by atoms with E-state index in [4.69, 9.17) is 0 Å². The second-order valence-electron chi connectivity index (χ2n) is 8.60. The first-order valence-electron chi connectivity index (χ1n) is 10.2.